The van der Waals surface area contributed by atoms with Crippen molar-refractivity contribution in [2.75, 3.05) is 7.11 Å². The van der Waals surface area contributed by atoms with Crippen molar-refractivity contribution >= 4 is 11.3 Å². The van der Waals surface area contributed by atoms with Crippen LogP contribution in [0.1, 0.15) is 6.92 Å². The Balaban J connectivity index is 2.64. The van der Waals surface area contributed by atoms with E-state index in [4.69, 9.17) is 4.74 Å². The Morgan fingerprint density at radius 2 is 2.55 bits per heavy atom. The van der Waals surface area contributed by atoms with E-state index in [0.717, 1.165) is 0 Å². The number of nitrogens with zero attached hydrogens (tertiary/aromatic N) is 1. The van der Waals surface area contributed by atoms with Gasteiger partial charge >= 0.3 is 4.87 Å². The monoisotopic (exact) mass is 173 g/mol. The Bertz CT molecular complexity index is 265. The Kier molecular flexibility index (Phi) is 2.84. The summed E-state index contributed by atoms with van der Waals surface area (Å²) in [6, 6.07) is 0. The van der Waals surface area contributed by atoms with E-state index in [1.807, 2.05) is 6.92 Å². The van der Waals surface area contributed by atoms with Crippen molar-refractivity contribution in [1.29, 1.82) is 0 Å². The molecule has 0 aliphatic heterocycles. The lowest BCUT2D eigenvalue weighted by Gasteiger charge is -2.08. The molecule has 1 rings (SSSR count). The van der Waals surface area contributed by atoms with Gasteiger partial charge in [0, 0.05) is 18.7 Å². The predicted octanol–water partition coefficient (Wildman–Crippen LogP) is 0.945. The van der Waals surface area contributed by atoms with E-state index in [9.17, 15) is 4.79 Å². The standard InChI is InChI=1S/C7H11NO2S/c1-6(10-2)5-8-3-4-11-7(8)9/h3-4,6H,5H2,1-2H3. The molecule has 0 saturated heterocycles. The number of aromatic nitrogens is 1. The van der Waals surface area contributed by atoms with Crippen LogP contribution in [-0.4, -0.2) is 17.8 Å². The fraction of sp³-hybridized carbons (Fsp3) is 0.571. The molecule has 1 aromatic rings. The zero-order valence-electron chi connectivity index (χ0n) is 6.61. The van der Waals surface area contributed by atoms with Crippen LogP contribution in [0.5, 0.6) is 0 Å². The summed E-state index contributed by atoms with van der Waals surface area (Å²) in [7, 11) is 1.64. The number of rotatable bonds is 3. The summed E-state index contributed by atoms with van der Waals surface area (Å²) in [5, 5.41) is 1.78. The van der Waals surface area contributed by atoms with Crippen molar-refractivity contribution < 1.29 is 4.74 Å². The Hall–Kier alpha value is -0.610. The first-order valence-corrected chi connectivity index (χ1v) is 4.28. The van der Waals surface area contributed by atoms with Gasteiger partial charge in [-0.3, -0.25) is 4.79 Å². The summed E-state index contributed by atoms with van der Waals surface area (Å²) in [5.74, 6) is 0. The maximum atomic E-state index is 11.0. The topological polar surface area (TPSA) is 31.2 Å². The first kappa shape index (κ1) is 8.49. The molecule has 4 heteroatoms. The molecule has 1 unspecified atom stereocenters. The van der Waals surface area contributed by atoms with Gasteiger partial charge < -0.3 is 9.30 Å². The molecule has 1 aromatic heterocycles. The lowest BCUT2D eigenvalue weighted by atomic mass is 10.4. The lowest BCUT2D eigenvalue weighted by molar-refractivity contribution is 0.103. The number of methoxy groups -OCH3 is 1. The first-order valence-electron chi connectivity index (χ1n) is 3.40. The molecule has 0 aliphatic rings. The summed E-state index contributed by atoms with van der Waals surface area (Å²) in [4.78, 5) is 11.1. The number of thiazole rings is 1. The van der Waals surface area contributed by atoms with Crippen molar-refractivity contribution in [3.8, 4) is 0 Å². The van der Waals surface area contributed by atoms with Crippen molar-refractivity contribution in [3.63, 3.8) is 0 Å². The van der Waals surface area contributed by atoms with Gasteiger partial charge in [0.2, 0.25) is 0 Å². The first-order chi connectivity index (χ1) is 5.24. The van der Waals surface area contributed by atoms with Crippen molar-refractivity contribution in [2.24, 2.45) is 0 Å². The molecule has 1 heterocycles. The SMILES string of the molecule is COC(C)Cn1ccsc1=O. The second kappa shape index (κ2) is 3.69. The third-order valence-electron chi connectivity index (χ3n) is 1.50. The van der Waals surface area contributed by atoms with E-state index >= 15 is 0 Å². The van der Waals surface area contributed by atoms with Crippen LogP contribution in [0.25, 0.3) is 0 Å². The molecule has 0 N–H and O–H groups in total. The second-order valence-electron chi connectivity index (χ2n) is 2.37. The minimum Gasteiger partial charge on any atom is -0.380 e. The zero-order valence-corrected chi connectivity index (χ0v) is 7.43. The van der Waals surface area contributed by atoms with Gasteiger partial charge in [-0.1, -0.05) is 11.3 Å². The maximum absolute atomic E-state index is 11.0. The van der Waals surface area contributed by atoms with Crippen LogP contribution in [0, 0.1) is 0 Å². The smallest absolute Gasteiger partial charge is 0.307 e. The summed E-state index contributed by atoms with van der Waals surface area (Å²) in [5.41, 5.74) is 0. The highest BCUT2D eigenvalue weighted by atomic mass is 32.1. The van der Waals surface area contributed by atoms with Crippen molar-refractivity contribution in [2.45, 2.75) is 19.6 Å². The van der Waals surface area contributed by atoms with Gasteiger partial charge in [0.25, 0.3) is 0 Å². The van der Waals surface area contributed by atoms with Crippen LogP contribution >= 0.6 is 11.3 Å². The second-order valence-corrected chi connectivity index (χ2v) is 3.22. The number of hydrogen-bond acceptors (Lipinski definition) is 3. The summed E-state index contributed by atoms with van der Waals surface area (Å²) >= 11 is 1.21. The Morgan fingerprint density at radius 1 is 1.82 bits per heavy atom. The predicted molar refractivity (Wildman–Crippen MR) is 45.1 cm³/mol. The highest BCUT2D eigenvalue weighted by Crippen LogP contribution is 1.94. The third-order valence-corrected chi connectivity index (χ3v) is 2.19. The normalized spacial score (nSPS) is 13.3. The summed E-state index contributed by atoms with van der Waals surface area (Å²) in [6.45, 7) is 2.57. The van der Waals surface area contributed by atoms with Crippen LogP contribution in [0.3, 0.4) is 0 Å². The summed E-state index contributed by atoms with van der Waals surface area (Å²) in [6.07, 6.45) is 1.88. The van der Waals surface area contributed by atoms with Gasteiger partial charge in [-0.05, 0) is 6.92 Å². The molecule has 1 atom stereocenters. The van der Waals surface area contributed by atoms with E-state index in [2.05, 4.69) is 0 Å². The minimum absolute atomic E-state index is 0.0777. The van der Waals surface area contributed by atoms with Crippen LogP contribution < -0.4 is 4.87 Å². The van der Waals surface area contributed by atoms with Gasteiger partial charge in [0.15, 0.2) is 0 Å². The van der Waals surface area contributed by atoms with Crippen molar-refractivity contribution in [3.05, 3.63) is 21.2 Å². The van der Waals surface area contributed by atoms with E-state index in [-0.39, 0.29) is 11.0 Å². The summed E-state index contributed by atoms with van der Waals surface area (Å²) < 4.78 is 6.68. The maximum Gasteiger partial charge on any atom is 0.307 e. The fourth-order valence-corrected chi connectivity index (χ4v) is 1.37. The molecule has 0 fully saturated rings. The third kappa shape index (κ3) is 2.17. The average Bonchev–Trinajstić information content (AvgIpc) is 2.37. The molecular weight excluding hydrogens is 162 g/mol. The average molecular weight is 173 g/mol. The van der Waals surface area contributed by atoms with Crippen molar-refractivity contribution in [1.82, 2.24) is 4.57 Å². The molecule has 0 bridgehead atoms. The van der Waals surface area contributed by atoms with Crippen LogP contribution in [0.2, 0.25) is 0 Å². The molecule has 0 radical (unpaired) electrons. The minimum atomic E-state index is 0.0777. The Labute approximate surface area is 69.2 Å². The molecule has 0 saturated carbocycles. The number of ether oxygens (including phenoxy) is 1. The molecule has 0 aliphatic carbocycles. The zero-order chi connectivity index (χ0) is 8.27. The van der Waals surface area contributed by atoms with E-state index in [1.54, 1.807) is 23.3 Å². The molecule has 0 spiro atoms. The molecular formula is C7H11NO2S. The van der Waals surface area contributed by atoms with Crippen LogP contribution in [-0.2, 0) is 11.3 Å². The van der Waals surface area contributed by atoms with Crippen LogP contribution in [0.15, 0.2) is 16.4 Å². The van der Waals surface area contributed by atoms with E-state index in [0.29, 0.717) is 6.54 Å². The molecule has 0 amide bonds. The van der Waals surface area contributed by atoms with Gasteiger partial charge in [0.1, 0.15) is 0 Å². The highest BCUT2D eigenvalue weighted by Gasteiger charge is 2.01. The molecule has 62 valence electrons. The van der Waals surface area contributed by atoms with Gasteiger partial charge in [-0.15, -0.1) is 0 Å². The van der Waals surface area contributed by atoms with Gasteiger partial charge in [0.05, 0.1) is 12.6 Å². The van der Waals surface area contributed by atoms with Crippen LogP contribution in [0.4, 0.5) is 0 Å². The molecule has 11 heavy (non-hydrogen) atoms. The lowest BCUT2D eigenvalue weighted by Crippen LogP contribution is -2.21. The van der Waals surface area contributed by atoms with E-state index in [1.165, 1.54) is 11.3 Å². The highest BCUT2D eigenvalue weighted by molar-refractivity contribution is 7.07. The quantitative estimate of drug-likeness (QED) is 0.681. The number of hydrogen-bond donors (Lipinski definition) is 0. The largest absolute Gasteiger partial charge is 0.380 e. The van der Waals surface area contributed by atoms with E-state index < -0.39 is 0 Å². The van der Waals surface area contributed by atoms with Gasteiger partial charge in [-0.2, -0.15) is 0 Å². The van der Waals surface area contributed by atoms with Gasteiger partial charge in [-0.25, -0.2) is 0 Å². The molecule has 3 nitrogen and oxygen atoms in total. The fourth-order valence-electron chi connectivity index (χ4n) is 0.778. The Morgan fingerprint density at radius 3 is 3.00 bits per heavy atom. The molecule has 0 aromatic carbocycles.